The summed E-state index contributed by atoms with van der Waals surface area (Å²) in [5, 5.41) is 3.58. The summed E-state index contributed by atoms with van der Waals surface area (Å²) in [7, 11) is -1.51. The SMILES string of the molecule is COc1ccc2cc(C(=O)NC[C@H]3CN(c4ccc(N5CCS(=O)(=O)CC5)c(F)c4)C(=O)O3)c(C)nc2c1. The molecule has 0 aliphatic carbocycles. The highest BCUT2D eigenvalue weighted by atomic mass is 32.2. The van der Waals surface area contributed by atoms with Gasteiger partial charge in [0.2, 0.25) is 0 Å². The molecule has 0 bridgehead atoms. The van der Waals surface area contributed by atoms with Crippen molar-refractivity contribution in [2.45, 2.75) is 13.0 Å². The predicted octanol–water partition coefficient (Wildman–Crippen LogP) is 2.68. The van der Waals surface area contributed by atoms with Gasteiger partial charge in [-0.15, -0.1) is 0 Å². The lowest BCUT2D eigenvalue weighted by atomic mass is 10.1. The van der Waals surface area contributed by atoms with E-state index in [2.05, 4.69) is 10.3 Å². The standard InChI is InChI=1S/C26H27FN4O6S/c1-16-21(11-17-3-5-19(36-2)13-23(17)29-16)25(32)28-14-20-15-31(26(33)37-20)18-4-6-24(22(27)12-18)30-7-9-38(34,35)10-8-30/h3-6,11-13,20H,7-10,14-15H2,1-2H3,(H,28,32)/t20-/m0/s1. The predicted molar refractivity (Wildman–Crippen MR) is 140 cm³/mol. The van der Waals surface area contributed by atoms with Crippen LogP contribution in [0.5, 0.6) is 5.75 Å². The highest BCUT2D eigenvalue weighted by Crippen LogP contribution is 2.29. The van der Waals surface area contributed by atoms with Crippen molar-refractivity contribution in [3.8, 4) is 5.75 Å². The summed E-state index contributed by atoms with van der Waals surface area (Å²) in [5.74, 6) is -0.275. The van der Waals surface area contributed by atoms with Gasteiger partial charge in [-0.05, 0) is 43.3 Å². The number of methoxy groups -OCH3 is 1. The van der Waals surface area contributed by atoms with Crippen LogP contribution in [0, 0.1) is 12.7 Å². The van der Waals surface area contributed by atoms with Crippen molar-refractivity contribution in [1.29, 1.82) is 0 Å². The Kier molecular flexibility index (Phi) is 6.82. The molecule has 1 atom stereocenters. The van der Waals surface area contributed by atoms with Crippen molar-refractivity contribution in [3.05, 3.63) is 59.5 Å². The number of cyclic esters (lactones) is 1. The van der Waals surface area contributed by atoms with Gasteiger partial charge in [-0.2, -0.15) is 0 Å². The molecular formula is C26H27FN4O6S. The molecule has 5 rings (SSSR count). The Hall–Kier alpha value is -3.93. The molecule has 2 fully saturated rings. The molecule has 2 saturated heterocycles. The average molecular weight is 543 g/mol. The zero-order chi connectivity index (χ0) is 27.0. The summed E-state index contributed by atoms with van der Waals surface area (Å²) in [4.78, 5) is 32.9. The summed E-state index contributed by atoms with van der Waals surface area (Å²) in [6.07, 6.45) is -1.27. The number of aryl methyl sites for hydroxylation is 1. The molecule has 38 heavy (non-hydrogen) atoms. The van der Waals surface area contributed by atoms with E-state index in [0.29, 0.717) is 28.2 Å². The number of carbonyl (C=O) groups excluding carboxylic acids is 2. The summed E-state index contributed by atoms with van der Waals surface area (Å²) in [6, 6.07) is 11.5. The molecule has 2 aromatic carbocycles. The molecule has 0 unspecified atom stereocenters. The first-order valence-electron chi connectivity index (χ1n) is 12.1. The first kappa shape index (κ1) is 25.7. The maximum atomic E-state index is 14.9. The lowest BCUT2D eigenvalue weighted by molar-refractivity contribution is 0.0915. The van der Waals surface area contributed by atoms with Gasteiger partial charge in [0.1, 0.15) is 17.7 Å². The Morgan fingerprint density at radius 2 is 1.95 bits per heavy atom. The van der Waals surface area contributed by atoms with E-state index in [1.54, 1.807) is 43.2 Å². The molecule has 0 saturated carbocycles. The Labute approximate surface area is 219 Å². The highest BCUT2D eigenvalue weighted by Gasteiger charge is 2.33. The van der Waals surface area contributed by atoms with E-state index >= 15 is 0 Å². The van der Waals surface area contributed by atoms with E-state index in [1.807, 2.05) is 6.07 Å². The van der Waals surface area contributed by atoms with Gasteiger partial charge in [-0.3, -0.25) is 14.7 Å². The first-order valence-corrected chi connectivity index (χ1v) is 13.9. The monoisotopic (exact) mass is 542 g/mol. The van der Waals surface area contributed by atoms with Crippen LogP contribution in [0.1, 0.15) is 16.1 Å². The van der Waals surface area contributed by atoms with Gasteiger partial charge >= 0.3 is 6.09 Å². The van der Waals surface area contributed by atoms with Crippen LogP contribution in [0.4, 0.5) is 20.6 Å². The molecule has 0 radical (unpaired) electrons. The molecule has 3 aromatic rings. The van der Waals surface area contributed by atoms with E-state index in [4.69, 9.17) is 9.47 Å². The second-order valence-corrected chi connectivity index (χ2v) is 11.6. The van der Waals surface area contributed by atoms with Gasteiger partial charge in [0.25, 0.3) is 5.91 Å². The number of nitrogens with one attached hydrogen (secondary N) is 1. The highest BCUT2D eigenvalue weighted by molar-refractivity contribution is 7.91. The fourth-order valence-corrected chi connectivity index (χ4v) is 5.82. The number of benzene rings is 2. The number of aromatic nitrogens is 1. The third kappa shape index (κ3) is 5.21. The van der Waals surface area contributed by atoms with Crippen LogP contribution in [0.2, 0.25) is 0 Å². The Morgan fingerprint density at radius 1 is 1.18 bits per heavy atom. The molecule has 2 aliphatic rings. The number of anilines is 2. The number of ether oxygens (including phenoxy) is 2. The molecule has 1 aromatic heterocycles. The number of hydrogen-bond donors (Lipinski definition) is 1. The van der Waals surface area contributed by atoms with Crippen molar-refractivity contribution in [2.75, 3.05) is 54.6 Å². The number of fused-ring (bicyclic) bond motifs is 1. The minimum absolute atomic E-state index is 0.0242. The van der Waals surface area contributed by atoms with E-state index in [-0.39, 0.29) is 49.3 Å². The maximum absolute atomic E-state index is 14.9. The van der Waals surface area contributed by atoms with E-state index in [0.717, 1.165) is 5.39 Å². The molecule has 10 nitrogen and oxygen atoms in total. The van der Waals surface area contributed by atoms with Crippen LogP contribution < -0.4 is 19.9 Å². The molecule has 12 heteroatoms. The van der Waals surface area contributed by atoms with Crippen LogP contribution >= 0.6 is 0 Å². The summed E-state index contributed by atoms with van der Waals surface area (Å²) < 4.78 is 48.8. The van der Waals surface area contributed by atoms with Crippen molar-refractivity contribution in [3.63, 3.8) is 0 Å². The second-order valence-electron chi connectivity index (χ2n) is 9.28. The summed E-state index contributed by atoms with van der Waals surface area (Å²) >= 11 is 0. The minimum atomic E-state index is -3.09. The summed E-state index contributed by atoms with van der Waals surface area (Å²) in [6.45, 7) is 2.38. The molecule has 2 aliphatic heterocycles. The zero-order valence-corrected chi connectivity index (χ0v) is 21.8. The third-order valence-corrected chi connectivity index (χ3v) is 8.36. The number of amides is 2. The van der Waals surface area contributed by atoms with Crippen LogP contribution in [-0.4, -0.2) is 76.3 Å². The summed E-state index contributed by atoms with van der Waals surface area (Å²) in [5.41, 5.74) is 2.28. The molecule has 2 amide bonds. The largest absolute Gasteiger partial charge is 0.497 e. The van der Waals surface area contributed by atoms with Crippen LogP contribution in [-0.2, 0) is 14.6 Å². The minimum Gasteiger partial charge on any atom is -0.497 e. The number of carbonyl (C=O) groups is 2. The van der Waals surface area contributed by atoms with Crippen molar-refractivity contribution in [2.24, 2.45) is 0 Å². The Bertz CT molecular complexity index is 1520. The Morgan fingerprint density at radius 3 is 2.66 bits per heavy atom. The maximum Gasteiger partial charge on any atom is 0.414 e. The van der Waals surface area contributed by atoms with E-state index in [9.17, 15) is 22.4 Å². The van der Waals surface area contributed by atoms with E-state index in [1.165, 1.54) is 17.0 Å². The van der Waals surface area contributed by atoms with Crippen molar-refractivity contribution >= 4 is 44.1 Å². The van der Waals surface area contributed by atoms with Crippen molar-refractivity contribution < 1.29 is 31.9 Å². The van der Waals surface area contributed by atoms with Gasteiger partial charge in [-0.25, -0.2) is 17.6 Å². The number of halogens is 1. The molecule has 3 heterocycles. The third-order valence-electron chi connectivity index (χ3n) is 6.75. The fourth-order valence-electron chi connectivity index (χ4n) is 4.61. The topological polar surface area (TPSA) is 118 Å². The molecule has 0 spiro atoms. The average Bonchev–Trinajstić information content (AvgIpc) is 3.27. The molecule has 200 valence electrons. The second kappa shape index (κ2) is 10.1. The van der Waals surface area contributed by atoms with Crippen LogP contribution in [0.3, 0.4) is 0 Å². The zero-order valence-electron chi connectivity index (χ0n) is 20.9. The number of sulfone groups is 1. The quantitative estimate of drug-likeness (QED) is 0.505. The molecular weight excluding hydrogens is 515 g/mol. The van der Waals surface area contributed by atoms with Gasteiger partial charge in [0.05, 0.1) is 59.9 Å². The first-order chi connectivity index (χ1) is 18.1. The lowest BCUT2D eigenvalue weighted by Gasteiger charge is -2.29. The fraction of sp³-hybridized carbons (Fsp3) is 0.346. The number of hydrogen-bond acceptors (Lipinski definition) is 8. The van der Waals surface area contributed by atoms with Crippen LogP contribution in [0.15, 0.2) is 42.5 Å². The van der Waals surface area contributed by atoms with Gasteiger partial charge < -0.3 is 19.7 Å². The van der Waals surface area contributed by atoms with Gasteiger partial charge in [0, 0.05) is 24.5 Å². The number of pyridine rings is 1. The van der Waals surface area contributed by atoms with E-state index < -0.39 is 27.9 Å². The van der Waals surface area contributed by atoms with Gasteiger partial charge in [0.15, 0.2) is 9.84 Å². The number of rotatable bonds is 6. The van der Waals surface area contributed by atoms with Crippen molar-refractivity contribution in [1.82, 2.24) is 10.3 Å². The Balaban J connectivity index is 1.22. The molecule has 1 N–H and O–H groups in total. The number of nitrogens with zero attached hydrogens (tertiary/aromatic N) is 3. The smallest absolute Gasteiger partial charge is 0.414 e. The normalized spacial score (nSPS) is 18.9. The van der Waals surface area contributed by atoms with Crippen LogP contribution in [0.25, 0.3) is 10.9 Å². The van der Waals surface area contributed by atoms with Gasteiger partial charge in [-0.1, -0.05) is 0 Å². The lowest BCUT2D eigenvalue weighted by Crippen LogP contribution is -2.40.